The van der Waals surface area contributed by atoms with Crippen LogP contribution in [0.3, 0.4) is 0 Å². The van der Waals surface area contributed by atoms with Crippen LogP contribution in [-0.2, 0) is 12.7 Å². The van der Waals surface area contributed by atoms with Crippen LogP contribution in [0.4, 0.5) is 13.2 Å². The highest BCUT2D eigenvalue weighted by molar-refractivity contribution is 5.98. The molecule has 0 radical (unpaired) electrons. The van der Waals surface area contributed by atoms with E-state index in [1.165, 1.54) is 12.1 Å². The third-order valence-corrected chi connectivity index (χ3v) is 4.36. The van der Waals surface area contributed by atoms with Crippen molar-refractivity contribution in [1.82, 2.24) is 4.90 Å². The second-order valence-corrected chi connectivity index (χ2v) is 6.15. The molecule has 2 aromatic rings. The van der Waals surface area contributed by atoms with E-state index in [4.69, 9.17) is 4.42 Å². The van der Waals surface area contributed by atoms with Gasteiger partial charge in [0.05, 0.1) is 18.1 Å². The Bertz CT molecular complexity index is 677. The summed E-state index contributed by atoms with van der Waals surface area (Å²) in [6.45, 7) is 2.24. The number of rotatable bonds is 4. The number of furan rings is 1. The number of alkyl halides is 3. The van der Waals surface area contributed by atoms with Crippen molar-refractivity contribution in [3.8, 4) is 0 Å². The summed E-state index contributed by atoms with van der Waals surface area (Å²) in [7, 11) is 0. The van der Waals surface area contributed by atoms with Gasteiger partial charge in [0.2, 0.25) is 0 Å². The molecule has 3 nitrogen and oxygen atoms in total. The molecule has 0 N–H and O–H groups in total. The van der Waals surface area contributed by atoms with Crippen LogP contribution >= 0.6 is 0 Å². The highest BCUT2D eigenvalue weighted by Crippen LogP contribution is 2.30. The lowest BCUT2D eigenvalue weighted by Gasteiger charge is -2.31. The Hall–Kier alpha value is -2.08. The van der Waals surface area contributed by atoms with Crippen molar-refractivity contribution < 1.29 is 22.4 Å². The Balaban J connectivity index is 1.65. The first-order valence-corrected chi connectivity index (χ1v) is 7.88. The van der Waals surface area contributed by atoms with E-state index in [-0.39, 0.29) is 11.7 Å². The van der Waals surface area contributed by atoms with E-state index in [1.54, 1.807) is 12.5 Å². The van der Waals surface area contributed by atoms with Gasteiger partial charge in [0.25, 0.3) is 0 Å². The van der Waals surface area contributed by atoms with Crippen molar-refractivity contribution >= 4 is 5.78 Å². The topological polar surface area (TPSA) is 33.5 Å². The number of benzene rings is 1. The van der Waals surface area contributed by atoms with Gasteiger partial charge in [0.15, 0.2) is 5.78 Å². The first-order chi connectivity index (χ1) is 11.4. The van der Waals surface area contributed by atoms with Gasteiger partial charge in [-0.25, -0.2) is 0 Å². The smallest absolute Gasteiger partial charge is 0.416 e. The van der Waals surface area contributed by atoms with Crippen molar-refractivity contribution in [3.05, 3.63) is 59.5 Å². The molecule has 24 heavy (non-hydrogen) atoms. The van der Waals surface area contributed by atoms with Gasteiger partial charge in [-0.2, -0.15) is 13.2 Å². The summed E-state index contributed by atoms with van der Waals surface area (Å²) in [5.41, 5.74) is 0.667. The number of carbonyl (C=O) groups is 1. The van der Waals surface area contributed by atoms with E-state index < -0.39 is 11.7 Å². The van der Waals surface area contributed by atoms with E-state index in [1.807, 2.05) is 6.07 Å². The van der Waals surface area contributed by atoms with Gasteiger partial charge in [-0.3, -0.25) is 9.69 Å². The van der Waals surface area contributed by atoms with Crippen LogP contribution in [0.25, 0.3) is 0 Å². The molecule has 0 aliphatic carbocycles. The molecule has 3 rings (SSSR count). The lowest BCUT2D eigenvalue weighted by molar-refractivity contribution is -0.137. The maximum Gasteiger partial charge on any atom is 0.416 e. The standard InChI is InChI=1S/C18H18F3NO2/c19-18(20,21)16-5-3-14(4-6-16)17(23)15-2-1-8-22(11-15)10-13-7-9-24-12-13/h3-7,9,12,15H,1-2,8,10-11H2/t15-/m0/s1. The second kappa shape index (κ2) is 6.81. The highest BCUT2D eigenvalue weighted by Gasteiger charge is 2.31. The van der Waals surface area contributed by atoms with Crippen LogP contribution < -0.4 is 0 Å². The minimum Gasteiger partial charge on any atom is -0.472 e. The summed E-state index contributed by atoms with van der Waals surface area (Å²) in [4.78, 5) is 14.8. The number of carbonyl (C=O) groups excluding carboxylic acids is 1. The average molecular weight is 337 g/mol. The largest absolute Gasteiger partial charge is 0.472 e. The summed E-state index contributed by atoms with van der Waals surface area (Å²) >= 11 is 0. The molecule has 0 amide bonds. The highest BCUT2D eigenvalue weighted by atomic mass is 19.4. The maximum atomic E-state index is 12.6. The molecule has 128 valence electrons. The molecule has 1 aliphatic heterocycles. The molecule has 2 heterocycles. The monoisotopic (exact) mass is 337 g/mol. The number of hydrogen-bond acceptors (Lipinski definition) is 3. The molecule has 0 unspecified atom stereocenters. The summed E-state index contributed by atoms with van der Waals surface area (Å²) in [6, 6.07) is 6.39. The van der Waals surface area contributed by atoms with E-state index >= 15 is 0 Å². The lowest BCUT2D eigenvalue weighted by atomic mass is 9.89. The molecular weight excluding hydrogens is 319 g/mol. The number of halogens is 3. The molecule has 1 aliphatic rings. The van der Waals surface area contributed by atoms with Crippen LogP contribution in [-0.4, -0.2) is 23.8 Å². The Labute approximate surface area is 138 Å². The predicted molar refractivity (Wildman–Crippen MR) is 82.5 cm³/mol. The molecule has 1 aromatic heterocycles. The number of ketones is 1. The fourth-order valence-corrected chi connectivity index (χ4v) is 3.11. The normalized spacial score (nSPS) is 19.4. The number of Topliss-reactive ketones (excluding diaryl/α,β-unsaturated/α-hetero) is 1. The zero-order valence-corrected chi connectivity index (χ0v) is 13.1. The van der Waals surface area contributed by atoms with E-state index in [9.17, 15) is 18.0 Å². The third-order valence-electron chi connectivity index (χ3n) is 4.36. The number of nitrogens with zero attached hydrogens (tertiary/aromatic N) is 1. The first kappa shape index (κ1) is 16.8. The number of piperidine rings is 1. The van der Waals surface area contributed by atoms with Crippen LogP contribution in [0.2, 0.25) is 0 Å². The Morgan fingerprint density at radius 3 is 2.58 bits per heavy atom. The first-order valence-electron chi connectivity index (χ1n) is 7.88. The third kappa shape index (κ3) is 3.87. The van der Waals surface area contributed by atoms with Gasteiger partial charge < -0.3 is 4.42 Å². The van der Waals surface area contributed by atoms with Gasteiger partial charge in [0, 0.05) is 30.1 Å². The van der Waals surface area contributed by atoms with Crippen molar-refractivity contribution in [3.63, 3.8) is 0 Å². The zero-order valence-electron chi connectivity index (χ0n) is 13.1. The number of likely N-dealkylation sites (tertiary alicyclic amines) is 1. The van der Waals surface area contributed by atoms with Crippen molar-refractivity contribution in [2.24, 2.45) is 5.92 Å². The van der Waals surface area contributed by atoms with Gasteiger partial charge in [-0.05, 0) is 37.6 Å². The zero-order chi connectivity index (χ0) is 17.2. The number of hydrogen-bond donors (Lipinski definition) is 0. The van der Waals surface area contributed by atoms with Crippen molar-refractivity contribution in [1.29, 1.82) is 0 Å². The van der Waals surface area contributed by atoms with Gasteiger partial charge in [-0.15, -0.1) is 0 Å². The lowest BCUT2D eigenvalue weighted by Crippen LogP contribution is -2.38. The van der Waals surface area contributed by atoms with Gasteiger partial charge in [-0.1, -0.05) is 12.1 Å². The predicted octanol–water partition coefficient (Wildman–Crippen LogP) is 4.39. The van der Waals surface area contributed by atoms with E-state index in [0.717, 1.165) is 37.1 Å². The molecule has 0 bridgehead atoms. The molecule has 1 saturated heterocycles. The van der Waals surface area contributed by atoms with Crippen LogP contribution in [0.15, 0.2) is 47.3 Å². The molecule has 6 heteroatoms. The Morgan fingerprint density at radius 2 is 1.96 bits per heavy atom. The van der Waals surface area contributed by atoms with Crippen molar-refractivity contribution in [2.75, 3.05) is 13.1 Å². The van der Waals surface area contributed by atoms with Gasteiger partial charge >= 0.3 is 6.18 Å². The van der Waals surface area contributed by atoms with Crippen LogP contribution in [0.5, 0.6) is 0 Å². The molecule has 1 atom stereocenters. The van der Waals surface area contributed by atoms with E-state index in [0.29, 0.717) is 18.7 Å². The van der Waals surface area contributed by atoms with Crippen LogP contribution in [0.1, 0.15) is 34.3 Å². The summed E-state index contributed by atoms with van der Waals surface area (Å²) in [5.74, 6) is -0.261. The minimum absolute atomic E-state index is 0.0828. The van der Waals surface area contributed by atoms with Crippen molar-refractivity contribution in [2.45, 2.75) is 25.6 Å². The molecular formula is C18H18F3NO2. The Kier molecular flexibility index (Phi) is 4.76. The summed E-state index contributed by atoms with van der Waals surface area (Å²) < 4.78 is 42.9. The summed E-state index contributed by atoms with van der Waals surface area (Å²) in [6.07, 6.45) is 0.579. The fraction of sp³-hybridized carbons (Fsp3) is 0.389. The summed E-state index contributed by atoms with van der Waals surface area (Å²) in [5, 5.41) is 0. The second-order valence-electron chi connectivity index (χ2n) is 6.15. The minimum atomic E-state index is -4.38. The quantitative estimate of drug-likeness (QED) is 0.776. The molecule has 1 aromatic carbocycles. The molecule has 0 spiro atoms. The Morgan fingerprint density at radius 1 is 1.21 bits per heavy atom. The SMILES string of the molecule is O=C(c1ccc(C(F)(F)F)cc1)[C@H]1CCCN(Cc2ccoc2)C1. The van der Waals surface area contributed by atoms with Gasteiger partial charge in [0.1, 0.15) is 0 Å². The maximum absolute atomic E-state index is 12.6. The van der Waals surface area contributed by atoms with Crippen LogP contribution in [0, 0.1) is 5.92 Å². The molecule has 0 saturated carbocycles. The van der Waals surface area contributed by atoms with E-state index in [2.05, 4.69) is 4.90 Å². The fourth-order valence-electron chi connectivity index (χ4n) is 3.11. The molecule has 1 fully saturated rings. The average Bonchev–Trinajstić information content (AvgIpc) is 3.07.